The average Bonchev–Trinajstić information content (AvgIpc) is 2.38. The fourth-order valence-corrected chi connectivity index (χ4v) is 2.20. The fourth-order valence-electron chi connectivity index (χ4n) is 1.60. The zero-order valence-corrected chi connectivity index (χ0v) is 11.9. The lowest BCUT2D eigenvalue weighted by Crippen LogP contribution is -2.00. The highest BCUT2D eigenvalue weighted by Gasteiger charge is 2.06. The van der Waals surface area contributed by atoms with Crippen LogP contribution in [0.15, 0.2) is 41.0 Å². The van der Waals surface area contributed by atoms with Gasteiger partial charge in [0.05, 0.1) is 17.1 Å². The Labute approximate surface area is 115 Å². The van der Waals surface area contributed by atoms with E-state index in [2.05, 4.69) is 20.9 Å². The maximum absolute atomic E-state index is 5.75. The highest BCUT2D eigenvalue weighted by atomic mass is 79.9. The summed E-state index contributed by atoms with van der Waals surface area (Å²) in [5.74, 6) is 1.41. The average molecular weight is 308 g/mol. The topological polar surface area (TPSA) is 31.4 Å². The zero-order valence-electron chi connectivity index (χ0n) is 10.3. The van der Waals surface area contributed by atoms with Gasteiger partial charge in [-0.25, -0.2) is 4.98 Å². The molecule has 2 aromatic rings. The lowest BCUT2D eigenvalue weighted by atomic mass is 10.2. The predicted octanol–water partition coefficient (Wildman–Crippen LogP) is 3.74. The Morgan fingerprint density at radius 3 is 2.83 bits per heavy atom. The van der Waals surface area contributed by atoms with Gasteiger partial charge in [0.1, 0.15) is 12.4 Å². The number of nitrogens with zero attached hydrogens (tertiary/aromatic N) is 1. The summed E-state index contributed by atoms with van der Waals surface area (Å²) < 4.78 is 11.9. The quantitative estimate of drug-likeness (QED) is 0.862. The number of methoxy groups -OCH3 is 1. The van der Waals surface area contributed by atoms with Crippen LogP contribution in [0.3, 0.4) is 0 Å². The van der Waals surface area contributed by atoms with E-state index in [1.165, 1.54) is 5.56 Å². The lowest BCUT2D eigenvalue weighted by molar-refractivity contribution is 0.292. The van der Waals surface area contributed by atoms with Gasteiger partial charge in [0.25, 0.3) is 0 Å². The van der Waals surface area contributed by atoms with Crippen molar-refractivity contribution in [3.05, 3.63) is 52.1 Å². The molecule has 0 aliphatic heterocycles. The van der Waals surface area contributed by atoms with Gasteiger partial charge in [0, 0.05) is 6.20 Å². The second kappa shape index (κ2) is 5.87. The van der Waals surface area contributed by atoms with E-state index in [4.69, 9.17) is 9.47 Å². The van der Waals surface area contributed by atoms with Gasteiger partial charge in [0.15, 0.2) is 0 Å². The first-order chi connectivity index (χ1) is 8.70. The van der Waals surface area contributed by atoms with E-state index in [0.717, 1.165) is 15.8 Å². The van der Waals surface area contributed by atoms with Crippen molar-refractivity contribution in [2.45, 2.75) is 13.5 Å². The molecule has 0 saturated heterocycles. The Morgan fingerprint density at radius 1 is 1.28 bits per heavy atom. The zero-order chi connectivity index (χ0) is 13.0. The second-order valence-electron chi connectivity index (χ2n) is 3.89. The Morgan fingerprint density at radius 2 is 2.11 bits per heavy atom. The highest BCUT2D eigenvalue weighted by Crippen LogP contribution is 2.27. The molecule has 1 heterocycles. The highest BCUT2D eigenvalue weighted by molar-refractivity contribution is 9.10. The maximum atomic E-state index is 5.75. The minimum atomic E-state index is 0.429. The van der Waals surface area contributed by atoms with Crippen LogP contribution in [-0.2, 0) is 6.61 Å². The van der Waals surface area contributed by atoms with Crippen molar-refractivity contribution < 1.29 is 9.47 Å². The van der Waals surface area contributed by atoms with Crippen LogP contribution >= 0.6 is 15.9 Å². The summed E-state index contributed by atoms with van der Waals surface area (Å²) in [5, 5.41) is 0. The molecule has 2 rings (SSSR count). The summed E-state index contributed by atoms with van der Waals surface area (Å²) in [6.07, 6.45) is 1.70. The van der Waals surface area contributed by atoms with E-state index in [1.54, 1.807) is 13.3 Å². The van der Waals surface area contributed by atoms with E-state index in [0.29, 0.717) is 12.5 Å². The summed E-state index contributed by atoms with van der Waals surface area (Å²) in [7, 11) is 1.60. The van der Waals surface area contributed by atoms with Crippen molar-refractivity contribution in [2.24, 2.45) is 0 Å². The van der Waals surface area contributed by atoms with Gasteiger partial charge in [-0.3, -0.25) is 0 Å². The number of benzene rings is 1. The van der Waals surface area contributed by atoms with Gasteiger partial charge in [-0.1, -0.05) is 6.07 Å². The normalized spacial score (nSPS) is 10.2. The number of hydrogen-bond donors (Lipinski definition) is 0. The molecule has 0 amide bonds. The minimum absolute atomic E-state index is 0.429. The van der Waals surface area contributed by atoms with Gasteiger partial charge in [-0.15, -0.1) is 0 Å². The molecule has 94 valence electrons. The van der Waals surface area contributed by atoms with Crippen molar-refractivity contribution in [1.29, 1.82) is 0 Å². The molecule has 0 bridgehead atoms. The van der Waals surface area contributed by atoms with E-state index in [9.17, 15) is 0 Å². The molecule has 0 radical (unpaired) electrons. The molecule has 0 aliphatic rings. The first-order valence-corrected chi connectivity index (χ1v) is 6.37. The molecule has 0 unspecified atom stereocenters. The first kappa shape index (κ1) is 12.9. The van der Waals surface area contributed by atoms with Crippen LogP contribution in [0.1, 0.15) is 11.1 Å². The van der Waals surface area contributed by atoms with Crippen molar-refractivity contribution in [2.75, 3.05) is 7.11 Å². The van der Waals surface area contributed by atoms with Crippen molar-refractivity contribution in [3.8, 4) is 11.6 Å². The monoisotopic (exact) mass is 307 g/mol. The van der Waals surface area contributed by atoms with Crippen LogP contribution in [0, 0.1) is 6.92 Å². The van der Waals surface area contributed by atoms with Crippen molar-refractivity contribution in [3.63, 3.8) is 0 Å². The Balaban J connectivity index is 2.11. The molecular formula is C14H14BrNO2. The molecule has 1 aromatic heterocycles. The maximum Gasteiger partial charge on any atom is 0.219 e. The van der Waals surface area contributed by atoms with Crippen LogP contribution < -0.4 is 9.47 Å². The van der Waals surface area contributed by atoms with Crippen LogP contribution in [0.5, 0.6) is 11.6 Å². The molecule has 0 spiro atoms. The molecule has 0 saturated carbocycles. The van der Waals surface area contributed by atoms with E-state index < -0.39 is 0 Å². The van der Waals surface area contributed by atoms with E-state index >= 15 is 0 Å². The molecule has 0 aliphatic carbocycles. The Kier molecular flexibility index (Phi) is 4.20. The van der Waals surface area contributed by atoms with Crippen LogP contribution in [-0.4, -0.2) is 12.1 Å². The lowest BCUT2D eigenvalue weighted by Gasteiger charge is -2.10. The van der Waals surface area contributed by atoms with Gasteiger partial charge in [0.2, 0.25) is 5.88 Å². The summed E-state index contributed by atoms with van der Waals surface area (Å²) >= 11 is 3.48. The number of aryl methyl sites for hydroxylation is 1. The minimum Gasteiger partial charge on any atom is -0.488 e. The third-order valence-electron chi connectivity index (χ3n) is 2.51. The molecule has 0 N–H and O–H groups in total. The fraction of sp³-hybridized carbons (Fsp3) is 0.214. The third kappa shape index (κ3) is 3.01. The van der Waals surface area contributed by atoms with Gasteiger partial charge in [-0.2, -0.15) is 0 Å². The molecule has 4 heteroatoms. The summed E-state index contributed by atoms with van der Waals surface area (Å²) in [4.78, 5) is 4.13. The smallest absolute Gasteiger partial charge is 0.219 e. The number of halogens is 1. The van der Waals surface area contributed by atoms with E-state index in [-0.39, 0.29) is 0 Å². The van der Waals surface area contributed by atoms with E-state index in [1.807, 2.05) is 37.3 Å². The number of rotatable bonds is 4. The Hall–Kier alpha value is -1.55. The first-order valence-electron chi connectivity index (χ1n) is 5.57. The molecule has 3 nitrogen and oxygen atoms in total. The largest absolute Gasteiger partial charge is 0.488 e. The van der Waals surface area contributed by atoms with Crippen LogP contribution in [0.4, 0.5) is 0 Å². The third-order valence-corrected chi connectivity index (χ3v) is 3.13. The predicted molar refractivity (Wildman–Crippen MR) is 74.0 cm³/mol. The number of hydrogen-bond acceptors (Lipinski definition) is 3. The molecule has 0 atom stereocenters. The summed E-state index contributed by atoms with van der Waals surface area (Å²) in [6, 6.07) is 9.79. The van der Waals surface area contributed by atoms with Crippen LogP contribution in [0.25, 0.3) is 0 Å². The molecular weight excluding hydrogens is 294 g/mol. The van der Waals surface area contributed by atoms with Gasteiger partial charge < -0.3 is 9.47 Å². The van der Waals surface area contributed by atoms with Crippen LogP contribution in [0.2, 0.25) is 0 Å². The molecule has 18 heavy (non-hydrogen) atoms. The second-order valence-corrected chi connectivity index (χ2v) is 4.75. The van der Waals surface area contributed by atoms with Gasteiger partial charge in [-0.05, 0) is 52.7 Å². The number of ether oxygens (including phenoxy) is 2. The number of pyridine rings is 1. The Bertz CT molecular complexity index is 543. The van der Waals surface area contributed by atoms with Gasteiger partial charge >= 0.3 is 0 Å². The van der Waals surface area contributed by atoms with Crippen molar-refractivity contribution >= 4 is 15.9 Å². The molecule has 0 fully saturated rings. The summed E-state index contributed by atoms with van der Waals surface area (Å²) in [6.45, 7) is 2.47. The van der Waals surface area contributed by atoms with Crippen molar-refractivity contribution in [1.82, 2.24) is 4.98 Å². The standard InChI is InChI=1S/C14H14BrNO2/c1-10-5-6-13(12(15)8-10)18-9-11-4-3-7-16-14(11)17-2/h3-8H,9H2,1-2H3. The summed E-state index contributed by atoms with van der Waals surface area (Å²) in [5.41, 5.74) is 2.11. The number of aromatic nitrogens is 1. The SMILES string of the molecule is COc1ncccc1COc1ccc(C)cc1Br. The molecule has 1 aromatic carbocycles.